The summed E-state index contributed by atoms with van der Waals surface area (Å²) >= 11 is 0. The summed E-state index contributed by atoms with van der Waals surface area (Å²) in [6.45, 7) is 1.46. The summed E-state index contributed by atoms with van der Waals surface area (Å²) in [5.74, 6) is 0.425. The van der Waals surface area contributed by atoms with Crippen LogP contribution in [0, 0.1) is 10.1 Å². The molecule has 0 aliphatic heterocycles. The van der Waals surface area contributed by atoms with E-state index in [-0.39, 0.29) is 5.69 Å². The molecule has 0 radical (unpaired) electrons. The zero-order valence-corrected chi connectivity index (χ0v) is 12.2. The van der Waals surface area contributed by atoms with E-state index in [0.717, 1.165) is 12.1 Å². The molecule has 3 N–H and O–H groups in total. The minimum Gasteiger partial charge on any atom is -0.336 e. The topological polar surface area (TPSA) is 73.8 Å². The summed E-state index contributed by atoms with van der Waals surface area (Å²) < 4.78 is 0. The highest BCUT2D eigenvalue weighted by molar-refractivity contribution is 5.51. The maximum Gasteiger partial charge on any atom is 0.357 e. The molecule has 0 unspecified atom stereocenters. The number of hydrogen-bond acceptors (Lipinski definition) is 3. The second-order valence-corrected chi connectivity index (χ2v) is 5.19. The van der Waals surface area contributed by atoms with Gasteiger partial charge in [0.05, 0.1) is 25.2 Å². The monoisotopic (exact) mass is 288 g/mol. The van der Waals surface area contributed by atoms with E-state index in [0.29, 0.717) is 12.4 Å². The van der Waals surface area contributed by atoms with Gasteiger partial charge in [-0.05, 0) is 6.07 Å². The molecular weight excluding hydrogens is 268 g/mol. The molecule has 2 rings (SSSR count). The minimum absolute atomic E-state index is 0.0493. The molecule has 0 fully saturated rings. The van der Waals surface area contributed by atoms with Gasteiger partial charge in [-0.3, -0.25) is 15.4 Å². The number of H-pyrrole nitrogens is 1. The molecule has 0 spiro atoms. The van der Waals surface area contributed by atoms with Crippen LogP contribution in [0.15, 0.2) is 42.6 Å². The van der Waals surface area contributed by atoms with Crippen LogP contribution in [0.3, 0.4) is 0 Å². The van der Waals surface area contributed by atoms with Crippen molar-refractivity contribution < 1.29 is 14.8 Å². The van der Waals surface area contributed by atoms with Gasteiger partial charge in [0.2, 0.25) is 0 Å². The van der Waals surface area contributed by atoms with E-state index in [4.69, 9.17) is 0 Å². The van der Waals surface area contributed by atoms with E-state index in [1.54, 1.807) is 12.3 Å². The molecule has 21 heavy (non-hydrogen) atoms. The van der Waals surface area contributed by atoms with Crippen molar-refractivity contribution in [2.24, 2.45) is 0 Å². The largest absolute Gasteiger partial charge is 0.357 e. The zero-order chi connectivity index (χ0) is 15.2. The van der Waals surface area contributed by atoms with Gasteiger partial charge in [-0.1, -0.05) is 24.3 Å². The Hall–Kier alpha value is -2.47. The van der Waals surface area contributed by atoms with Crippen LogP contribution in [0.1, 0.15) is 11.1 Å². The maximum atomic E-state index is 11.0. The summed E-state index contributed by atoms with van der Waals surface area (Å²) in [6, 6.07) is 11.2. The second-order valence-electron chi connectivity index (χ2n) is 5.19. The molecule has 2 aromatic rings. The minimum atomic E-state index is -0.394. The van der Waals surface area contributed by atoms with Gasteiger partial charge in [0.1, 0.15) is 13.1 Å². The molecule has 1 aromatic heterocycles. The predicted molar refractivity (Wildman–Crippen MR) is 79.9 cm³/mol. The summed E-state index contributed by atoms with van der Waals surface area (Å²) in [5.41, 5.74) is 2.43. The molecule has 0 atom stereocenters. The zero-order valence-electron chi connectivity index (χ0n) is 12.2. The van der Waals surface area contributed by atoms with Crippen LogP contribution in [0.4, 0.5) is 11.5 Å². The van der Waals surface area contributed by atoms with E-state index in [2.05, 4.69) is 30.5 Å². The van der Waals surface area contributed by atoms with Crippen LogP contribution >= 0.6 is 0 Å². The molecule has 0 aliphatic rings. The first-order valence-corrected chi connectivity index (χ1v) is 6.82. The van der Waals surface area contributed by atoms with Crippen LogP contribution < -0.4 is 15.2 Å². The first-order chi connectivity index (χ1) is 10.1. The number of benzene rings is 1. The number of quaternary nitrogens is 1. The third-order valence-electron chi connectivity index (χ3n) is 3.15. The van der Waals surface area contributed by atoms with Crippen LogP contribution in [0.25, 0.3) is 0 Å². The number of nitro groups is 1. The lowest BCUT2D eigenvalue weighted by molar-refractivity contribution is -0.872. The van der Waals surface area contributed by atoms with E-state index < -0.39 is 4.92 Å². The SMILES string of the molecule is C[NH+](C)Cc1ccccc1CNc1[nH+]cccc1[N+](=O)[O-]. The fraction of sp³-hybridized carbons (Fsp3) is 0.267. The number of pyridine rings is 1. The summed E-state index contributed by atoms with van der Waals surface area (Å²) in [4.78, 5) is 14.8. The first-order valence-electron chi connectivity index (χ1n) is 6.82. The van der Waals surface area contributed by atoms with Crippen LogP contribution in [-0.4, -0.2) is 19.0 Å². The van der Waals surface area contributed by atoms with Gasteiger partial charge in [0.15, 0.2) is 0 Å². The Labute approximate surface area is 123 Å². The lowest BCUT2D eigenvalue weighted by atomic mass is 10.1. The Morgan fingerprint density at radius 1 is 1.19 bits per heavy atom. The van der Waals surface area contributed by atoms with Gasteiger partial charge >= 0.3 is 11.5 Å². The standard InChI is InChI=1S/C15H18N4O2/c1-18(2)11-13-7-4-3-6-12(13)10-17-15-14(19(20)21)8-5-9-16-15/h3-9H,10-11H2,1-2H3,(H,16,17)/p+2. The molecule has 0 bridgehead atoms. The van der Waals surface area contributed by atoms with E-state index in [9.17, 15) is 10.1 Å². The maximum absolute atomic E-state index is 11.0. The van der Waals surface area contributed by atoms with Crippen molar-refractivity contribution in [3.05, 3.63) is 63.8 Å². The van der Waals surface area contributed by atoms with Crippen molar-refractivity contribution in [1.29, 1.82) is 0 Å². The van der Waals surface area contributed by atoms with Gasteiger partial charge in [0.25, 0.3) is 0 Å². The number of hydrogen-bond donors (Lipinski definition) is 2. The molecule has 110 valence electrons. The van der Waals surface area contributed by atoms with Crippen LogP contribution in [-0.2, 0) is 13.1 Å². The lowest BCUT2D eigenvalue weighted by Crippen LogP contribution is -3.04. The van der Waals surface area contributed by atoms with Crippen molar-refractivity contribution in [2.45, 2.75) is 13.1 Å². The van der Waals surface area contributed by atoms with Crippen molar-refractivity contribution in [3.63, 3.8) is 0 Å². The average Bonchev–Trinajstić information content (AvgIpc) is 2.46. The molecule has 6 heteroatoms. The molecular formula is C15H20N4O2+2. The highest BCUT2D eigenvalue weighted by atomic mass is 16.6. The summed E-state index contributed by atoms with van der Waals surface area (Å²) in [5, 5.41) is 14.1. The number of aromatic nitrogens is 1. The smallest absolute Gasteiger partial charge is 0.336 e. The second kappa shape index (κ2) is 6.81. The van der Waals surface area contributed by atoms with Crippen LogP contribution in [0.5, 0.6) is 0 Å². The molecule has 1 heterocycles. The predicted octanol–water partition coefficient (Wildman–Crippen LogP) is 0.666. The Morgan fingerprint density at radius 3 is 2.57 bits per heavy atom. The Bertz CT molecular complexity index is 629. The summed E-state index contributed by atoms with van der Waals surface area (Å²) in [7, 11) is 4.19. The normalized spacial score (nSPS) is 10.6. The van der Waals surface area contributed by atoms with Crippen molar-refractivity contribution >= 4 is 11.5 Å². The molecule has 0 saturated carbocycles. The Morgan fingerprint density at radius 2 is 1.90 bits per heavy atom. The number of nitrogens with zero attached hydrogens (tertiary/aromatic N) is 1. The quantitative estimate of drug-likeness (QED) is 0.606. The molecule has 0 aliphatic carbocycles. The highest BCUT2D eigenvalue weighted by Gasteiger charge is 2.19. The lowest BCUT2D eigenvalue weighted by Gasteiger charge is -2.11. The highest BCUT2D eigenvalue weighted by Crippen LogP contribution is 2.19. The van der Waals surface area contributed by atoms with Gasteiger partial charge in [-0.2, -0.15) is 0 Å². The van der Waals surface area contributed by atoms with Crippen molar-refractivity contribution in [3.8, 4) is 0 Å². The van der Waals surface area contributed by atoms with Gasteiger partial charge < -0.3 is 4.90 Å². The van der Waals surface area contributed by atoms with Crippen LogP contribution in [0.2, 0.25) is 0 Å². The number of nitrogens with one attached hydrogen (secondary N) is 3. The Balaban J connectivity index is 2.15. The van der Waals surface area contributed by atoms with Gasteiger partial charge in [0, 0.05) is 17.2 Å². The molecule has 0 amide bonds. The number of anilines is 1. The third-order valence-corrected chi connectivity index (χ3v) is 3.15. The average molecular weight is 288 g/mol. The number of aromatic amines is 1. The molecule has 6 nitrogen and oxygen atoms in total. The molecule has 0 saturated heterocycles. The van der Waals surface area contributed by atoms with Gasteiger partial charge in [-0.15, -0.1) is 0 Å². The van der Waals surface area contributed by atoms with E-state index in [1.807, 2.05) is 18.2 Å². The fourth-order valence-electron chi connectivity index (χ4n) is 2.19. The van der Waals surface area contributed by atoms with Crippen molar-refractivity contribution in [1.82, 2.24) is 0 Å². The Kier molecular flexibility index (Phi) is 4.84. The van der Waals surface area contributed by atoms with E-state index >= 15 is 0 Å². The fourth-order valence-corrected chi connectivity index (χ4v) is 2.19. The van der Waals surface area contributed by atoms with E-state index in [1.165, 1.54) is 16.5 Å². The van der Waals surface area contributed by atoms with Gasteiger partial charge in [-0.25, -0.2) is 4.98 Å². The van der Waals surface area contributed by atoms with Crippen molar-refractivity contribution in [2.75, 3.05) is 19.4 Å². The molecule has 1 aromatic carbocycles. The summed E-state index contributed by atoms with van der Waals surface area (Å²) in [6.07, 6.45) is 1.67. The first kappa shape index (κ1) is 14.9. The number of rotatable bonds is 6. The third kappa shape index (κ3) is 4.00.